The van der Waals surface area contributed by atoms with Crippen molar-refractivity contribution in [1.29, 1.82) is 0 Å². The Balaban J connectivity index is 2.08. The summed E-state index contributed by atoms with van der Waals surface area (Å²) in [6.45, 7) is 6.27. The van der Waals surface area contributed by atoms with Gasteiger partial charge in [-0.25, -0.2) is 4.79 Å². The van der Waals surface area contributed by atoms with Crippen LogP contribution in [0.15, 0.2) is 18.3 Å². The smallest absolute Gasteiger partial charge is 0.340 e. The lowest BCUT2D eigenvalue weighted by atomic mass is 9.96. The summed E-state index contributed by atoms with van der Waals surface area (Å²) in [5, 5.41) is 0. The molecule has 1 aromatic rings. The molecule has 7 nitrogen and oxygen atoms in total. The fraction of sp³-hybridized carbons (Fsp3) is 0.556. The van der Waals surface area contributed by atoms with Gasteiger partial charge in [-0.15, -0.1) is 0 Å². The first kappa shape index (κ1) is 18.9. The fourth-order valence-electron chi connectivity index (χ4n) is 2.83. The van der Waals surface area contributed by atoms with Crippen LogP contribution in [0.1, 0.15) is 42.7 Å². The quantitative estimate of drug-likeness (QED) is 0.809. The number of carbonyl (C=O) groups excluding carboxylic acids is 3. The van der Waals surface area contributed by atoms with Gasteiger partial charge in [-0.3, -0.25) is 14.6 Å². The second kappa shape index (κ2) is 8.09. The number of piperidine rings is 1. The number of ether oxygens (including phenoxy) is 1. The van der Waals surface area contributed by atoms with E-state index in [0.29, 0.717) is 24.9 Å². The molecule has 1 aromatic heterocycles. The van der Waals surface area contributed by atoms with E-state index in [2.05, 4.69) is 4.98 Å². The predicted octanol–water partition coefficient (Wildman–Crippen LogP) is 1.30. The van der Waals surface area contributed by atoms with Gasteiger partial charge in [0.15, 0.2) is 6.10 Å². The molecule has 2 amide bonds. The Morgan fingerprint density at radius 1 is 1.32 bits per heavy atom. The lowest BCUT2D eigenvalue weighted by Crippen LogP contribution is -2.50. The molecule has 1 aliphatic heterocycles. The van der Waals surface area contributed by atoms with Crippen LogP contribution in [0, 0.1) is 18.8 Å². The van der Waals surface area contributed by atoms with Crippen molar-refractivity contribution in [3.63, 3.8) is 0 Å². The maximum atomic E-state index is 12.8. The summed E-state index contributed by atoms with van der Waals surface area (Å²) in [4.78, 5) is 42.2. The zero-order chi connectivity index (χ0) is 18.6. The molecule has 1 saturated heterocycles. The Kier molecular flexibility index (Phi) is 6.12. The minimum absolute atomic E-state index is 0.191. The van der Waals surface area contributed by atoms with Crippen LogP contribution >= 0.6 is 0 Å². The number of amides is 2. The molecule has 0 bridgehead atoms. The minimum Gasteiger partial charge on any atom is -0.448 e. The molecular formula is C18H25N3O4. The monoisotopic (exact) mass is 347 g/mol. The van der Waals surface area contributed by atoms with Gasteiger partial charge in [0.05, 0.1) is 11.5 Å². The predicted molar refractivity (Wildman–Crippen MR) is 91.5 cm³/mol. The molecule has 2 atom stereocenters. The van der Waals surface area contributed by atoms with Crippen molar-refractivity contribution < 1.29 is 19.1 Å². The number of aromatic nitrogens is 1. The Morgan fingerprint density at radius 3 is 2.60 bits per heavy atom. The first-order chi connectivity index (χ1) is 11.8. The molecule has 2 rings (SSSR count). The fourth-order valence-corrected chi connectivity index (χ4v) is 2.83. The van der Waals surface area contributed by atoms with Crippen LogP contribution in [0.2, 0.25) is 0 Å². The number of hydrogen-bond donors (Lipinski definition) is 1. The van der Waals surface area contributed by atoms with Gasteiger partial charge in [0.25, 0.3) is 5.91 Å². The van der Waals surface area contributed by atoms with Crippen molar-refractivity contribution in [3.05, 3.63) is 29.6 Å². The van der Waals surface area contributed by atoms with Gasteiger partial charge < -0.3 is 15.4 Å². The molecule has 0 spiro atoms. The van der Waals surface area contributed by atoms with Gasteiger partial charge in [0.2, 0.25) is 5.91 Å². The molecule has 1 fully saturated rings. The van der Waals surface area contributed by atoms with E-state index in [1.807, 2.05) is 20.8 Å². The molecular weight excluding hydrogens is 322 g/mol. The highest BCUT2D eigenvalue weighted by Crippen LogP contribution is 2.20. The zero-order valence-electron chi connectivity index (χ0n) is 14.9. The summed E-state index contributed by atoms with van der Waals surface area (Å²) >= 11 is 0. The van der Waals surface area contributed by atoms with Gasteiger partial charge in [0.1, 0.15) is 0 Å². The Hall–Kier alpha value is -2.44. The number of carbonyl (C=O) groups is 3. The Bertz CT molecular complexity index is 642. The highest BCUT2D eigenvalue weighted by atomic mass is 16.5. The lowest BCUT2D eigenvalue weighted by molar-refractivity contribution is -0.145. The van der Waals surface area contributed by atoms with Crippen LogP contribution in [0.25, 0.3) is 0 Å². The minimum atomic E-state index is -0.902. The third-order valence-electron chi connectivity index (χ3n) is 4.37. The number of nitrogens with two attached hydrogens (primary N) is 1. The van der Waals surface area contributed by atoms with Gasteiger partial charge in [-0.05, 0) is 37.8 Å². The number of primary amides is 1. The zero-order valence-corrected chi connectivity index (χ0v) is 14.9. The normalized spacial score (nSPS) is 18.7. The number of hydrogen-bond acceptors (Lipinski definition) is 5. The molecule has 2 N–H and O–H groups in total. The third kappa shape index (κ3) is 4.78. The number of pyridine rings is 1. The molecule has 7 heteroatoms. The van der Waals surface area contributed by atoms with E-state index in [1.54, 1.807) is 17.0 Å². The largest absolute Gasteiger partial charge is 0.448 e. The summed E-state index contributed by atoms with van der Waals surface area (Å²) in [5.74, 6) is -1.80. The summed E-state index contributed by atoms with van der Waals surface area (Å²) < 4.78 is 5.46. The Morgan fingerprint density at radius 2 is 2.04 bits per heavy atom. The summed E-state index contributed by atoms with van der Waals surface area (Å²) in [6, 6.07) is 3.33. The summed E-state index contributed by atoms with van der Waals surface area (Å²) in [6.07, 6.45) is 1.92. The van der Waals surface area contributed by atoms with E-state index < -0.39 is 18.0 Å². The molecule has 25 heavy (non-hydrogen) atoms. The highest BCUT2D eigenvalue weighted by Gasteiger charge is 2.34. The maximum Gasteiger partial charge on any atom is 0.340 e. The van der Waals surface area contributed by atoms with Crippen LogP contribution in [-0.4, -0.2) is 46.9 Å². The van der Waals surface area contributed by atoms with Gasteiger partial charge in [-0.1, -0.05) is 13.8 Å². The maximum absolute atomic E-state index is 12.8. The number of aryl methyl sites for hydroxylation is 1. The molecule has 136 valence electrons. The summed E-state index contributed by atoms with van der Waals surface area (Å²) in [5.41, 5.74) is 6.46. The molecule has 0 aliphatic carbocycles. The number of nitrogens with zero attached hydrogens (tertiary/aromatic N) is 2. The van der Waals surface area contributed by atoms with Gasteiger partial charge in [0, 0.05) is 25.0 Å². The highest BCUT2D eigenvalue weighted by molar-refractivity contribution is 5.92. The Labute approximate surface area is 147 Å². The molecule has 0 saturated carbocycles. The van der Waals surface area contributed by atoms with E-state index >= 15 is 0 Å². The van der Waals surface area contributed by atoms with Crippen LogP contribution in [0.4, 0.5) is 0 Å². The van der Waals surface area contributed by atoms with E-state index in [1.165, 1.54) is 6.20 Å². The van der Waals surface area contributed by atoms with Crippen molar-refractivity contribution in [1.82, 2.24) is 9.88 Å². The standard InChI is InChI=1S/C18H25N3O4/c1-11(2)15(25-18(24)13-7-6-12(3)20-9-13)17(23)21-8-4-5-14(10-21)16(19)22/h6-7,9,11,14-15H,4-5,8,10H2,1-3H3,(H2,19,22)/t14-,15+/m1/s1. The second-order valence-corrected chi connectivity index (χ2v) is 6.78. The molecule has 0 aromatic carbocycles. The van der Waals surface area contributed by atoms with Crippen LogP contribution in [0.5, 0.6) is 0 Å². The first-order valence-electron chi connectivity index (χ1n) is 8.51. The average Bonchev–Trinajstić information content (AvgIpc) is 2.59. The molecule has 1 aliphatic rings. The van der Waals surface area contributed by atoms with E-state index in [-0.39, 0.29) is 24.3 Å². The molecule has 0 unspecified atom stereocenters. The lowest BCUT2D eigenvalue weighted by Gasteiger charge is -2.34. The SMILES string of the molecule is Cc1ccc(C(=O)O[C@H](C(=O)N2CCC[C@@H](C(N)=O)C2)C(C)C)cn1. The molecule has 2 heterocycles. The van der Waals surface area contributed by atoms with E-state index in [9.17, 15) is 14.4 Å². The van der Waals surface area contributed by atoms with Crippen molar-refractivity contribution in [2.75, 3.05) is 13.1 Å². The van der Waals surface area contributed by atoms with Crippen LogP contribution in [-0.2, 0) is 14.3 Å². The second-order valence-electron chi connectivity index (χ2n) is 6.78. The average molecular weight is 347 g/mol. The number of esters is 1. The van der Waals surface area contributed by atoms with Crippen molar-refractivity contribution in [3.8, 4) is 0 Å². The summed E-state index contributed by atoms with van der Waals surface area (Å²) in [7, 11) is 0. The van der Waals surface area contributed by atoms with Crippen LogP contribution in [0.3, 0.4) is 0 Å². The van der Waals surface area contributed by atoms with E-state index in [0.717, 1.165) is 5.69 Å². The third-order valence-corrected chi connectivity index (χ3v) is 4.37. The van der Waals surface area contributed by atoms with E-state index in [4.69, 9.17) is 10.5 Å². The molecule has 0 radical (unpaired) electrons. The van der Waals surface area contributed by atoms with Gasteiger partial charge >= 0.3 is 5.97 Å². The van der Waals surface area contributed by atoms with Crippen molar-refractivity contribution >= 4 is 17.8 Å². The number of likely N-dealkylation sites (tertiary alicyclic amines) is 1. The van der Waals surface area contributed by atoms with Crippen molar-refractivity contribution in [2.45, 2.75) is 39.7 Å². The van der Waals surface area contributed by atoms with Crippen LogP contribution < -0.4 is 5.73 Å². The number of rotatable bonds is 5. The topological polar surface area (TPSA) is 103 Å². The van der Waals surface area contributed by atoms with Crippen molar-refractivity contribution in [2.24, 2.45) is 17.6 Å². The first-order valence-corrected chi connectivity index (χ1v) is 8.51. The van der Waals surface area contributed by atoms with Gasteiger partial charge in [-0.2, -0.15) is 0 Å².